The number of carbonyl (C=O) groups excluding carboxylic acids is 2. The van der Waals surface area contributed by atoms with Crippen LogP contribution in [0, 0.1) is 12.3 Å². The lowest BCUT2D eigenvalue weighted by Crippen LogP contribution is -2.22. The highest BCUT2D eigenvalue weighted by Crippen LogP contribution is 2.38. The van der Waals surface area contributed by atoms with Gasteiger partial charge in [0.2, 0.25) is 0 Å². The largest absolute Gasteiger partial charge is 0.346 e. The second-order valence-electron chi connectivity index (χ2n) is 8.37. The molecule has 2 heterocycles. The molecule has 3 aromatic carbocycles. The van der Waals surface area contributed by atoms with Gasteiger partial charge in [0.1, 0.15) is 0 Å². The molecule has 4 aromatic rings. The van der Waals surface area contributed by atoms with Crippen molar-refractivity contribution in [2.24, 2.45) is 0 Å². The molecule has 0 radical (unpaired) electrons. The van der Waals surface area contributed by atoms with Gasteiger partial charge in [0.15, 0.2) is 0 Å². The van der Waals surface area contributed by atoms with E-state index in [1.165, 1.54) is 0 Å². The van der Waals surface area contributed by atoms with Crippen molar-refractivity contribution in [1.29, 1.82) is 0 Å². The van der Waals surface area contributed by atoms with Crippen LogP contribution in [0.1, 0.15) is 24.0 Å². The predicted octanol–water partition coefficient (Wildman–Crippen LogP) is 4.36. The molecule has 1 aliphatic rings. The highest BCUT2D eigenvalue weighted by molar-refractivity contribution is 6.50. The van der Waals surface area contributed by atoms with E-state index in [2.05, 4.69) is 21.1 Å². The van der Waals surface area contributed by atoms with E-state index in [0.29, 0.717) is 11.1 Å². The van der Waals surface area contributed by atoms with Crippen molar-refractivity contribution in [1.82, 2.24) is 15.2 Å². The Hall–Kier alpha value is -4.14. The first-order valence-corrected chi connectivity index (χ1v) is 11.5. The van der Waals surface area contributed by atoms with Gasteiger partial charge in [0, 0.05) is 42.2 Å². The van der Waals surface area contributed by atoms with Crippen LogP contribution < -0.4 is 10.6 Å². The van der Waals surface area contributed by atoms with E-state index >= 15 is 0 Å². The number of amides is 2. The molecular weight excluding hydrogens is 422 g/mol. The number of terminal acetylenes is 1. The quantitative estimate of drug-likeness (QED) is 0.240. The fraction of sp³-hybridized carbons (Fsp3) is 0.172. The maximum absolute atomic E-state index is 13.1. The van der Waals surface area contributed by atoms with E-state index in [1.54, 1.807) is 0 Å². The maximum Gasteiger partial charge on any atom is 0.259 e. The number of hydrogen-bond donors (Lipinski definition) is 2. The van der Waals surface area contributed by atoms with Crippen molar-refractivity contribution in [2.45, 2.75) is 19.4 Å². The third-order valence-corrected chi connectivity index (χ3v) is 6.25. The molecule has 0 aliphatic carbocycles. The molecule has 0 atom stereocenters. The van der Waals surface area contributed by atoms with Gasteiger partial charge in [-0.25, -0.2) is 0 Å². The molecule has 5 rings (SSSR count). The van der Waals surface area contributed by atoms with E-state index in [1.807, 2.05) is 72.9 Å². The SMILES string of the molecule is C#CCCCNCCn1cc(C2=C(c3cccc4ccccc34)C(=O)NC2=O)c2ccccc21. The number of nitrogens with one attached hydrogen (secondary N) is 2. The summed E-state index contributed by atoms with van der Waals surface area (Å²) in [6.07, 6.45) is 9.02. The van der Waals surface area contributed by atoms with Crippen LogP contribution in [0.3, 0.4) is 0 Å². The Morgan fingerprint density at radius 3 is 2.35 bits per heavy atom. The van der Waals surface area contributed by atoms with Crippen LogP contribution in [-0.4, -0.2) is 29.5 Å². The zero-order valence-electron chi connectivity index (χ0n) is 18.8. The van der Waals surface area contributed by atoms with Gasteiger partial charge in [0.25, 0.3) is 11.8 Å². The highest BCUT2D eigenvalue weighted by Gasteiger charge is 2.34. The average molecular weight is 448 g/mol. The van der Waals surface area contributed by atoms with E-state index in [0.717, 1.165) is 65.3 Å². The number of rotatable bonds is 8. The lowest BCUT2D eigenvalue weighted by molar-refractivity contribution is -0.122. The molecule has 5 heteroatoms. The first-order valence-electron chi connectivity index (χ1n) is 11.5. The second-order valence-corrected chi connectivity index (χ2v) is 8.37. The molecule has 168 valence electrons. The van der Waals surface area contributed by atoms with E-state index in [9.17, 15) is 9.59 Å². The van der Waals surface area contributed by atoms with E-state index in [-0.39, 0.29) is 11.8 Å². The van der Waals surface area contributed by atoms with Crippen LogP contribution in [0.2, 0.25) is 0 Å². The van der Waals surface area contributed by atoms with Gasteiger partial charge in [0.05, 0.1) is 11.1 Å². The Morgan fingerprint density at radius 2 is 1.53 bits per heavy atom. The number of carbonyl (C=O) groups is 2. The van der Waals surface area contributed by atoms with Crippen molar-refractivity contribution in [3.8, 4) is 12.3 Å². The van der Waals surface area contributed by atoms with Crippen molar-refractivity contribution in [3.05, 3.63) is 84.1 Å². The maximum atomic E-state index is 13.1. The van der Waals surface area contributed by atoms with Gasteiger partial charge in [-0.1, -0.05) is 60.7 Å². The Kier molecular flexibility index (Phi) is 5.99. The zero-order chi connectivity index (χ0) is 23.5. The minimum absolute atomic E-state index is 0.358. The summed E-state index contributed by atoms with van der Waals surface area (Å²) in [6, 6.07) is 21.8. The number of aromatic nitrogens is 1. The molecule has 34 heavy (non-hydrogen) atoms. The Bertz CT molecular complexity index is 1480. The van der Waals surface area contributed by atoms with Crippen LogP contribution in [0.5, 0.6) is 0 Å². The molecule has 5 nitrogen and oxygen atoms in total. The van der Waals surface area contributed by atoms with E-state index in [4.69, 9.17) is 6.42 Å². The van der Waals surface area contributed by atoms with Gasteiger partial charge in [-0.05, 0) is 35.4 Å². The van der Waals surface area contributed by atoms with Gasteiger partial charge >= 0.3 is 0 Å². The average Bonchev–Trinajstić information content (AvgIpc) is 3.36. The first kappa shape index (κ1) is 21.7. The minimum atomic E-state index is -0.358. The van der Waals surface area contributed by atoms with Crippen molar-refractivity contribution >= 4 is 44.6 Å². The lowest BCUT2D eigenvalue weighted by Gasteiger charge is -2.08. The van der Waals surface area contributed by atoms with Crippen LogP contribution in [0.4, 0.5) is 0 Å². The van der Waals surface area contributed by atoms with Gasteiger partial charge in [-0.15, -0.1) is 12.3 Å². The van der Waals surface area contributed by atoms with Gasteiger partial charge in [-0.2, -0.15) is 0 Å². The van der Waals surface area contributed by atoms with Crippen molar-refractivity contribution in [3.63, 3.8) is 0 Å². The predicted molar refractivity (Wildman–Crippen MR) is 137 cm³/mol. The molecule has 1 aliphatic heterocycles. The molecule has 0 spiro atoms. The van der Waals surface area contributed by atoms with Crippen LogP contribution in [-0.2, 0) is 16.1 Å². The molecule has 0 unspecified atom stereocenters. The topological polar surface area (TPSA) is 63.1 Å². The van der Waals surface area contributed by atoms with Gasteiger partial charge in [-0.3, -0.25) is 14.9 Å². The van der Waals surface area contributed by atoms with E-state index < -0.39 is 0 Å². The van der Waals surface area contributed by atoms with Crippen LogP contribution in [0.15, 0.2) is 72.9 Å². The monoisotopic (exact) mass is 447 g/mol. The summed E-state index contributed by atoms with van der Waals surface area (Å²) in [7, 11) is 0. The number of hydrogen-bond acceptors (Lipinski definition) is 3. The molecular formula is C29H25N3O2. The minimum Gasteiger partial charge on any atom is -0.346 e. The lowest BCUT2D eigenvalue weighted by atomic mass is 9.92. The smallest absolute Gasteiger partial charge is 0.259 e. The fourth-order valence-electron chi connectivity index (χ4n) is 4.68. The normalized spacial score (nSPS) is 13.6. The molecule has 0 saturated heterocycles. The summed E-state index contributed by atoms with van der Waals surface area (Å²) >= 11 is 0. The van der Waals surface area contributed by atoms with Crippen LogP contribution in [0.25, 0.3) is 32.8 Å². The molecule has 1 aromatic heterocycles. The summed E-state index contributed by atoms with van der Waals surface area (Å²) in [4.78, 5) is 26.1. The summed E-state index contributed by atoms with van der Waals surface area (Å²) in [6.45, 7) is 2.38. The Labute approximate surface area is 198 Å². The third kappa shape index (κ3) is 3.89. The van der Waals surface area contributed by atoms with Crippen LogP contribution >= 0.6 is 0 Å². The number of benzene rings is 3. The zero-order valence-corrected chi connectivity index (χ0v) is 18.8. The standard InChI is InChI=1S/C29H25N3O2/c1-2-3-8-16-30-17-18-32-19-24(22-13-6-7-15-25(22)32)27-26(28(33)31-29(27)34)23-14-9-11-20-10-4-5-12-21(20)23/h1,4-7,9-15,19,30H,3,8,16-18H2,(H,31,33,34). The highest BCUT2D eigenvalue weighted by atomic mass is 16.2. The number of nitrogens with zero attached hydrogens (tertiary/aromatic N) is 1. The summed E-state index contributed by atoms with van der Waals surface area (Å²) in [5.74, 6) is 1.94. The fourth-order valence-corrected chi connectivity index (χ4v) is 4.68. The summed E-state index contributed by atoms with van der Waals surface area (Å²) in [5, 5.41) is 8.88. The third-order valence-electron chi connectivity index (χ3n) is 6.25. The second kappa shape index (κ2) is 9.38. The Balaban J connectivity index is 1.60. The number of imide groups is 1. The molecule has 2 N–H and O–H groups in total. The number of fused-ring (bicyclic) bond motifs is 2. The number of para-hydroxylation sites is 1. The molecule has 0 bridgehead atoms. The van der Waals surface area contributed by atoms with Crippen molar-refractivity contribution in [2.75, 3.05) is 13.1 Å². The van der Waals surface area contributed by atoms with Crippen molar-refractivity contribution < 1.29 is 9.59 Å². The van der Waals surface area contributed by atoms with Gasteiger partial charge < -0.3 is 9.88 Å². The number of unbranched alkanes of at least 4 members (excludes halogenated alkanes) is 1. The first-order chi connectivity index (χ1) is 16.7. The molecule has 2 amide bonds. The molecule has 0 saturated carbocycles. The Morgan fingerprint density at radius 1 is 0.824 bits per heavy atom. The summed E-state index contributed by atoms with van der Waals surface area (Å²) in [5.41, 5.74) is 3.42. The summed E-state index contributed by atoms with van der Waals surface area (Å²) < 4.78 is 2.14. The molecule has 0 fully saturated rings.